The van der Waals surface area contributed by atoms with Gasteiger partial charge in [0, 0.05) is 10.5 Å². The van der Waals surface area contributed by atoms with Crippen LogP contribution in [0.2, 0.25) is 0 Å². The van der Waals surface area contributed by atoms with E-state index in [0.717, 1.165) is 14.2 Å². The zero-order chi connectivity index (χ0) is 11.4. The van der Waals surface area contributed by atoms with Crippen molar-refractivity contribution in [2.75, 3.05) is 6.61 Å². The maximum atomic E-state index is 11.5. The summed E-state index contributed by atoms with van der Waals surface area (Å²) in [6.07, 6.45) is 0. The summed E-state index contributed by atoms with van der Waals surface area (Å²) in [4.78, 5) is 12.6. The molecule has 0 radical (unpaired) electrons. The molecule has 0 fully saturated rings. The average Bonchev–Trinajstić information content (AvgIpc) is 2.63. The maximum absolute atomic E-state index is 11.5. The van der Waals surface area contributed by atoms with E-state index < -0.39 is 0 Å². The van der Waals surface area contributed by atoms with E-state index in [1.165, 1.54) is 0 Å². The highest BCUT2D eigenvalue weighted by molar-refractivity contribution is 9.11. The summed E-state index contributed by atoms with van der Waals surface area (Å²) in [5.74, 6) is -0.237. The highest BCUT2D eigenvalue weighted by Gasteiger charge is 2.11. The Morgan fingerprint density at radius 1 is 1.47 bits per heavy atom. The summed E-state index contributed by atoms with van der Waals surface area (Å²) in [6, 6.07) is 3.97. The second-order valence-electron chi connectivity index (χ2n) is 3.07. The topological polar surface area (TPSA) is 26.3 Å². The van der Waals surface area contributed by atoms with E-state index in [1.54, 1.807) is 18.3 Å². The van der Waals surface area contributed by atoms with Crippen molar-refractivity contribution >= 4 is 38.8 Å². The molecule has 2 nitrogen and oxygen atoms in total. The van der Waals surface area contributed by atoms with Gasteiger partial charge in [-0.2, -0.15) is 0 Å². The number of esters is 1. The number of halogens is 1. The molecule has 0 aliphatic rings. The van der Waals surface area contributed by atoms with E-state index in [9.17, 15) is 4.79 Å². The van der Waals surface area contributed by atoms with Gasteiger partial charge in [-0.3, -0.25) is 0 Å². The smallest absolute Gasteiger partial charge is 0.334 e. The summed E-state index contributed by atoms with van der Waals surface area (Å²) >= 11 is 5.01. The van der Waals surface area contributed by atoms with Gasteiger partial charge in [0.15, 0.2) is 0 Å². The average molecular weight is 289 g/mol. The molecule has 1 aromatic heterocycles. The number of rotatable bonds is 3. The van der Waals surface area contributed by atoms with Crippen molar-refractivity contribution in [1.82, 2.24) is 0 Å². The summed E-state index contributed by atoms with van der Waals surface area (Å²) in [5, 5.41) is 0. The summed E-state index contributed by atoms with van der Waals surface area (Å²) in [6.45, 7) is 5.95. The Balaban J connectivity index is 2.94. The molecule has 0 atom stereocenters. The van der Waals surface area contributed by atoms with Gasteiger partial charge in [-0.05, 0) is 54.4 Å². The molecule has 15 heavy (non-hydrogen) atoms. The molecule has 0 aliphatic carbocycles. The molecule has 0 aliphatic heterocycles. The Morgan fingerprint density at radius 3 is 2.60 bits per heavy atom. The molecular weight excluding hydrogens is 276 g/mol. The van der Waals surface area contributed by atoms with Crippen molar-refractivity contribution in [1.29, 1.82) is 0 Å². The van der Waals surface area contributed by atoms with Crippen LogP contribution in [0.1, 0.15) is 25.6 Å². The van der Waals surface area contributed by atoms with Gasteiger partial charge < -0.3 is 4.74 Å². The first-order chi connectivity index (χ1) is 7.06. The molecule has 0 spiro atoms. The minimum atomic E-state index is -0.237. The van der Waals surface area contributed by atoms with Crippen molar-refractivity contribution in [2.45, 2.75) is 20.8 Å². The van der Waals surface area contributed by atoms with Crippen molar-refractivity contribution in [2.24, 2.45) is 0 Å². The molecule has 0 saturated carbocycles. The van der Waals surface area contributed by atoms with Gasteiger partial charge in [0.05, 0.1) is 10.4 Å². The van der Waals surface area contributed by atoms with E-state index in [2.05, 4.69) is 15.9 Å². The monoisotopic (exact) mass is 288 g/mol. The lowest BCUT2D eigenvalue weighted by molar-refractivity contribution is -0.138. The lowest BCUT2D eigenvalue weighted by Crippen LogP contribution is -2.06. The predicted molar refractivity (Wildman–Crippen MR) is 66.9 cm³/mol. The first kappa shape index (κ1) is 12.5. The Bertz CT molecular complexity index is 393. The van der Waals surface area contributed by atoms with E-state index in [1.807, 2.05) is 26.0 Å². The molecule has 1 aromatic rings. The van der Waals surface area contributed by atoms with Crippen molar-refractivity contribution < 1.29 is 9.53 Å². The molecule has 82 valence electrons. The zero-order valence-corrected chi connectivity index (χ0v) is 11.4. The number of hydrogen-bond donors (Lipinski definition) is 0. The zero-order valence-electron chi connectivity index (χ0n) is 8.96. The lowest BCUT2D eigenvalue weighted by atomic mass is 10.1. The molecular formula is C11H13BrO2S. The third-order valence-electron chi connectivity index (χ3n) is 2.09. The normalized spacial score (nSPS) is 12.3. The Labute approximate surface area is 102 Å². The lowest BCUT2D eigenvalue weighted by Gasteiger charge is -2.05. The second kappa shape index (κ2) is 5.47. The molecule has 0 aromatic carbocycles. The molecule has 1 heterocycles. The summed E-state index contributed by atoms with van der Waals surface area (Å²) < 4.78 is 6.01. The van der Waals surface area contributed by atoms with Gasteiger partial charge >= 0.3 is 5.97 Å². The van der Waals surface area contributed by atoms with Crippen molar-refractivity contribution in [3.63, 3.8) is 0 Å². The van der Waals surface area contributed by atoms with Gasteiger partial charge in [-0.15, -0.1) is 11.3 Å². The third-order valence-corrected chi connectivity index (χ3v) is 3.83. The van der Waals surface area contributed by atoms with Crippen LogP contribution in [0.5, 0.6) is 0 Å². The van der Waals surface area contributed by atoms with Crippen LogP contribution in [0, 0.1) is 0 Å². The van der Waals surface area contributed by atoms with Crippen LogP contribution in [-0.2, 0) is 9.53 Å². The van der Waals surface area contributed by atoms with Gasteiger partial charge in [-0.1, -0.05) is 0 Å². The van der Waals surface area contributed by atoms with Crippen LogP contribution in [-0.4, -0.2) is 12.6 Å². The van der Waals surface area contributed by atoms with Crippen molar-refractivity contribution in [3.05, 3.63) is 26.4 Å². The van der Waals surface area contributed by atoms with Gasteiger partial charge in [0.25, 0.3) is 0 Å². The highest BCUT2D eigenvalue weighted by atomic mass is 79.9. The summed E-state index contributed by atoms with van der Waals surface area (Å²) in [7, 11) is 0. The number of allylic oxidation sites excluding steroid dienone is 1. The highest BCUT2D eigenvalue weighted by Crippen LogP contribution is 2.29. The van der Waals surface area contributed by atoms with Crippen LogP contribution < -0.4 is 0 Å². The quantitative estimate of drug-likeness (QED) is 0.623. The molecule has 0 unspecified atom stereocenters. The van der Waals surface area contributed by atoms with Crippen LogP contribution >= 0.6 is 27.3 Å². The minimum absolute atomic E-state index is 0.237. The van der Waals surface area contributed by atoms with Crippen molar-refractivity contribution in [3.8, 4) is 0 Å². The number of ether oxygens (including phenoxy) is 1. The van der Waals surface area contributed by atoms with E-state index in [0.29, 0.717) is 12.2 Å². The van der Waals surface area contributed by atoms with Gasteiger partial charge in [0.1, 0.15) is 0 Å². The molecule has 0 amide bonds. The largest absolute Gasteiger partial charge is 0.463 e. The Morgan fingerprint density at radius 2 is 2.13 bits per heavy atom. The molecule has 1 rings (SSSR count). The summed E-state index contributed by atoms with van der Waals surface area (Å²) in [5.41, 5.74) is 1.65. The van der Waals surface area contributed by atoms with E-state index in [-0.39, 0.29) is 5.97 Å². The first-order valence-corrected chi connectivity index (χ1v) is 6.27. The molecule has 0 saturated heterocycles. The number of hydrogen-bond acceptors (Lipinski definition) is 3. The Hall–Kier alpha value is -0.610. The fourth-order valence-corrected chi connectivity index (χ4v) is 2.54. The fourth-order valence-electron chi connectivity index (χ4n) is 1.09. The fraction of sp³-hybridized carbons (Fsp3) is 0.364. The van der Waals surface area contributed by atoms with Gasteiger partial charge in [-0.25, -0.2) is 4.79 Å². The van der Waals surface area contributed by atoms with Crippen LogP contribution in [0.15, 0.2) is 21.5 Å². The van der Waals surface area contributed by atoms with E-state index in [4.69, 9.17) is 4.74 Å². The minimum Gasteiger partial charge on any atom is -0.463 e. The maximum Gasteiger partial charge on any atom is 0.334 e. The predicted octanol–water partition coefficient (Wildman–Crippen LogP) is 3.87. The van der Waals surface area contributed by atoms with Crippen LogP contribution in [0.4, 0.5) is 0 Å². The number of carbonyl (C=O) groups is 1. The van der Waals surface area contributed by atoms with E-state index >= 15 is 0 Å². The number of carbonyl (C=O) groups excluding carboxylic acids is 1. The molecule has 4 heteroatoms. The standard InChI is InChI=1S/C11H13BrO2S/c1-4-14-11(13)8(3)7(2)9-5-6-10(12)15-9/h5-6H,4H2,1-3H3/b8-7-. The first-order valence-electron chi connectivity index (χ1n) is 4.66. The van der Waals surface area contributed by atoms with Crippen LogP contribution in [0.3, 0.4) is 0 Å². The van der Waals surface area contributed by atoms with Crippen LogP contribution in [0.25, 0.3) is 5.57 Å². The Kier molecular flexibility index (Phi) is 4.54. The molecule has 0 bridgehead atoms. The number of thiophene rings is 1. The SMILES string of the molecule is CCOC(=O)/C(C)=C(/C)c1ccc(Br)s1. The second-order valence-corrected chi connectivity index (χ2v) is 5.54. The third kappa shape index (κ3) is 3.18. The molecule has 0 N–H and O–H groups in total. The van der Waals surface area contributed by atoms with Gasteiger partial charge in [0.2, 0.25) is 0 Å².